The predicted molar refractivity (Wildman–Crippen MR) is 108 cm³/mol. The van der Waals surface area contributed by atoms with Crippen molar-refractivity contribution in [1.29, 1.82) is 0 Å². The first-order valence-corrected chi connectivity index (χ1v) is 9.19. The topological polar surface area (TPSA) is 37.8 Å². The minimum Gasteiger partial charge on any atom is -0.331 e. The molecule has 0 bridgehead atoms. The second kappa shape index (κ2) is 6.10. The molecular weight excluding hydrogens is 348 g/mol. The van der Waals surface area contributed by atoms with Gasteiger partial charge < -0.3 is 4.98 Å². The highest BCUT2D eigenvalue weighted by Crippen LogP contribution is 2.31. The maximum absolute atomic E-state index is 13.1. The zero-order valence-corrected chi connectivity index (χ0v) is 15.5. The van der Waals surface area contributed by atoms with Crippen LogP contribution in [0.15, 0.2) is 59.4 Å². The van der Waals surface area contributed by atoms with Crippen molar-refractivity contribution in [1.82, 2.24) is 9.55 Å². The van der Waals surface area contributed by atoms with Crippen LogP contribution >= 0.6 is 23.6 Å². The molecule has 0 aliphatic carbocycles. The van der Waals surface area contributed by atoms with Crippen molar-refractivity contribution >= 4 is 33.8 Å². The molecule has 3 nitrogen and oxygen atoms in total. The second-order valence-electron chi connectivity index (χ2n) is 6.08. The molecule has 0 spiro atoms. The molecule has 2 heterocycles. The summed E-state index contributed by atoms with van der Waals surface area (Å²) in [4.78, 5) is 17.4. The molecule has 0 saturated heterocycles. The van der Waals surface area contributed by atoms with Crippen LogP contribution in [0, 0.1) is 18.6 Å². The quantitative estimate of drug-likeness (QED) is 0.484. The minimum absolute atomic E-state index is 0.0698. The van der Waals surface area contributed by atoms with Gasteiger partial charge in [0.05, 0.1) is 11.2 Å². The lowest BCUT2D eigenvalue weighted by atomic mass is 10.1. The molecule has 4 aromatic rings. The Hall–Kier alpha value is -2.50. The summed E-state index contributed by atoms with van der Waals surface area (Å²) >= 11 is 6.98. The van der Waals surface area contributed by atoms with Crippen molar-refractivity contribution in [3.8, 4) is 16.1 Å². The number of aromatic amines is 1. The van der Waals surface area contributed by atoms with Crippen LogP contribution in [0.2, 0.25) is 0 Å². The maximum Gasteiger partial charge on any atom is 0.276 e. The largest absolute Gasteiger partial charge is 0.331 e. The zero-order chi connectivity index (χ0) is 17.6. The summed E-state index contributed by atoms with van der Waals surface area (Å²) in [5.74, 6) is 0. The van der Waals surface area contributed by atoms with Crippen molar-refractivity contribution in [2.45, 2.75) is 13.8 Å². The lowest BCUT2D eigenvalue weighted by molar-refractivity contribution is 0.932. The summed E-state index contributed by atoms with van der Waals surface area (Å²) in [6.07, 6.45) is 0. The molecule has 0 aliphatic rings. The van der Waals surface area contributed by atoms with Gasteiger partial charge in [0.1, 0.15) is 4.70 Å². The van der Waals surface area contributed by atoms with Gasteiger partial charge in [0, 0.05) is 4.88 Å². The molecule has 0 saturated carbocycles. The van der Waals surface area contributed by atoms with E-state index in [1.54, 1.807) is 4.57 Å². The van der Waals surface area contributed by atoms with E-state index < -0.39 is 0 Å². The van der Waals surface area contributed by atoms with Gasteiger partial charge in [-0.3, -0.25) is 9.36 Å². The molecule has 124 valence electrons. The molecule has 0 radical (unpaired) electrons. The van der Waals surface area contributed by atoms with E-state index in [0.717, 1.165) is 32.8 Å². The Morgan fingerprint density at radius 1 is 1.04 bits per heavy atom. The Labute approximate surface area is 154 Å². The fourth-order valence-electron chi connectivity index (χ4n) is 2.93. The number of aromatic nitrogens is 2. The summed E-state index contributed by atoms with van der Waals surface area (Å²) < 4.78 is 2.71. The van der Waals surface area contributed by atoms with E-state index in [0.29, 0.717) is 9.47 Å². The highest BCUT2D eigenvalue weighted by atomic mass is 32.1. The van der Waals surface area contributed by atoms with Gasteiger partial charge in [0.25, 0.3) is 5.56 Å². The minimum atomic E-state index is -0.0698. The predicted octanol–water partition coefficient (Wildman–Crippen LogP) is 5.39. The number of H-pyrrole nitrogens is 1. The van der Waals surface area contributed by atoms with E-state index in [-0.39, 0.29) is 5.56 Å². The number of fused-ring (bicyclic) bond motifs is 1. The molecule has 0 aliphatic heterocycles. The van der Waals surface area contributed by atoms with Crippen molar-refractivity contribution in [2.75, 3.05) is 0 Å². The van der Waals surface area contributed by atoms with Crippen molar-refractivity contribution in [2.24, 2.45) is 0 Å². The zero-order valence-electron chi connectivity index (χ0n) is 13.9. The molecule has 2 aromatic carbocycles. The number of rotatable bonds is 2. The van der Waals surface area contributed by atoms with Crippen molar-refractivity contribution in [3.05, 3.63) is 80.8 Å². The standard InChI is InChI=1S/C20H16N2OS2/c1-12-8-9-13(2)16(10-12)22-19(23)18-15(21-20(22)24)11-17(25-18)14-6-4-3-5-7-14/h3-11H,1-2H3,(H,21,24). The van der Waals surface area contributed by atoms with Gasteiger partial charge in [-0.05, 0) is 54.9 Å². The Morgan fingerprint density at radius 2 is 1.80 bits per heavy atom. The summed E-state index contributed by atoms with van der Waals surface area (Å²) in [6, 6.07) is 18.1. The molecule has 1 N–H and O–H groups in total. The average molecular weight is 364 g/mol. The van der Waals surface area contributed by atoms with Gasteiger partial charge in [0.15, 0.2) is 4.77 Å². The smallest absolute Gasteiger partial charge is 0.276 e. The van der Waals surface area contributed by atoms with E-state index >= 15 is 0 Å². The SMILES string of the molecule is Cc1ccc(C)c(-n2c(=S)[nH]c3cc(-c4ccccc4)sc3c2=O)c1. The number of benzene rings is 2. The number of nitrogens with one attached hydrogen (secondary N) is 1. The van der Waals surface area contributed by atoms with E-state index in [4.69, 9.17) is 12.2 Å². The molecule has 25 heavy (non-hydrogen) atoms. The number of aryl methyl sites for hydroxylation is 2. The fraction of sp³-hybridized carbons (Fsp3) is 0.100. The van der Waals surface area contributed by atoms with E-state index in [2.05, 4.69) is 4.98 Å². The Kier molecular flexibility index (Phi) is 3.90. The number of hydrogen-bond donors (Lipinski definition) is 1. The lowest BCUT2D eigenvalue weighted by Crippen LogP contribution is -2.20. The third-order valence-corrected chi connectivity index (χ3v) is 5.69. The monoisotopic (exact) mass is 364 g/mol. The number of hydrogen-bond acceptors (Lipinski definition) is 3. The first-order valence-electron chi connectivity index (χ1n) is 7.96. The van der Waals surface area contributed by atoms with E-state index in [9.17, 15) is 4.79 Å². The van der Waals surface area contributed by atoms with Crippen LogP contribution in [0.1, 0.15) is 11.1 Å². The average Bonchev–Trinajstić information content (AvgIpc) is 3.03. The van der Waals surface area contributed by atoms with Gasteiger partial charge in [-0.2, -0.15) is 0 Å². The van der Waals surface area contributed by atoms with Crippen LogP contribution in [-0.2, 0) is 0 Å². The van der Waals surface area contributed by atoms with Crippen LogP contribution in [0.4, 0.5) is 0 Å². The maximum atomic E-state index is 13.1. The van der Waals surface area contributed by atoms with Crippen molar-refractivity contribution < 1.29 is 0 Å². The highest BCUT2D eigenvalue weighted by Gasteiger charge is 2.13. The van der Waals surface area contributed by atoms with Gasteiger partial charge in [-0.15, -0.1) is 11.3 Å². The molecule has 2 aromatic heterocycles. The summed E-state index contributed by atoms with van der Waals surface area (Å²) in [5, 5.41) is 0. The normalized spacial score (nSPS) is 11.1. The molecule has 0 unspecified atom stereocenters. The Balaban J connectivity index is 2.01. The van der Waals surface area contributed by atoms with E-state index in [1.165, 1.54) is 11.3 Å². The molecule has 0 fully saturated rings. The Morgan fingerprint density at radius 3 is 2.56 bits per heavy atom. The number of thiophene rings is 1. The molecular formula is C20H16N2OS2. The van der Waals surface area contributed by atoms with Crippen LogP contribution in [0.5, 0.6) is 0 Å². The first-order chi connectivity index (χ1) is 12.0. The molecule has 0 atom stereocenters. The van der Waals surface area contributed by atoms with E-state index in [1.807, 2.05) is 68.4 Å². The highest BCUT2D eigenvalue weighted by molar-refractivity contribution is 7.71. The second-order valence-corrected chi connectivity index (χ2v) is 7.52. The Bertz CT molecular complexity index is 1200. The van der Waals surface area contributed by atoms with Crippen LogP contribution in [0.3, 0.4) is 0 Å². The van der Waals surface area contributed by atoms with Crippen molar-refractivity contribution in [3.63, 3.8) is 0 Å². The number of nitrogens with zero attached hydrogens (tertiary/aromatic N) is 1. The van der Waals surface area contributed by atoms with Gasteiger partial charge >= 0.3 is 0 Å². The summed E-state index contributed by atoms with van der Waals surface area (Å²) in [7, 11) is 0. The molecule has 0 amide bonds. The van der Waals surface area contributed by atoms with Gasteiger partial charge in [0.2, 0.25) is 0 Å². The van der Waals surface area contributed by atoms with Crippen LogP contribution in [-0.4, -0.2) is 9.55 Å². The first kappa shape index (κ1) is 16.0. The summed E-state index contributed by atoms with van der Waals surface area (Å²) in [5.41, 5.74) is 4.77. The fourth-order valence-corrected chi connectivity index (χ4v) is 4.27. The summed E-state index contributed by atoms with van der Waals surface area (Å²) in [6.45, 7) is 4.00. The van der Waals surface area contributed by atoms with Gasteiger partial charge in [-0.1, -0.05) is 42.5 Å². The third-order valence-electron chi connectivity index (χ3n) is 4.24. The third kappa shape index (κ3) is 2.75. The van der Waals surface area contributed by atoms with Gasteiger partial charge in [-0.25, -0.2) is 0 Å². The molecule has 4 rings (SSSR count). The lowest BCUT2D eigenvalue weighted by Gasteiger charge is -2.10. The molecule has 5 heteroatoms. The van der Waals surface area contributed by atoms with Crippen LogP contribution in [0.25, 0.3) is 26.3 Å². The van der Waals surface area contributed by atoms with Crippen LogP contribution < -0.4 is 5.56 Å².